The maximum atomic E-state index is 11.2. The van der Waals surface area contributed by atoms with Crippen LogP contribution in [0.15, 0.2) is 0 Å². The SMILES string of the molecule is [O]C1C2CCC1CNC2. The molecule has 2 rings (SSSR count). The average molecular weight is 126 g/mol. The van der Waals surface area contributed by atoms with Crippen LogP contribution in [0.25, 0.3) is 0 Å². The Hall–Kier alpha value is -0.0800. The van der Waals surface area contributed by atoms with Crippen LogP contribution in [0.2, 0.25) is 0 Å². The van der Waals surface area contributed by atoms with Crippen molar-refractivity contribution in [2.24, 2.45) is 11.8 Å². The van der Waals surface area contributed by atoms with Gasteiger partial charge in [-0.15, -0.1) is 0 Å². The lowest BCUT2D eigenvalue weighted by Gasteiger charge is -2.24. The Morgan fingerprint density at radius 2 is 1.67 bits per heavy atom. The fourth-order valence-electron chi connectivity index (χ4n) is 2.03. The Balaban J connectivity index is 2.10. The van der Waals surface area contributed by atoms with Crippen LogP contribution in [-0.4, -0.2) is 19.2 Å². The third-order valence-electron chi connectivity index (χ3n) is 2.65. The van der Waals surface area contributed by atoms with Gasteiger partial charge in [-0.1, -0.05) is 0 Å². The number of piperidine rings is 1. The third-order valence-corrected chi connectivity index (χ3v) is 2.65. The minimum atomic E-state index is -0.230. The highest BCUT2D eigenvalue weighted by atomic mass is 16.3. The summed E-state index contributed by atoms with van der Waals surface area (Å²) in [4.78, 5) is 0. The second-order valence-corrected chi connectivity index (χ2v) is 3.22. The molecule has 0 aromatic heterocycles. The molecule has 0 amide bonds. The predicted octanol–water partition coefficient (Wildman–Crippen LogP) is 0.415. The first-order chi connectivity index (χ1) is 4.38. The molecule has 1 heterocycles. The van der Waals surface area contributed by atoms with Crippen molar-refractivity contribution in [1.29, 1.82) is 0 Å². The Bertz CT molecular complexity index is 99.5. The lowest BCUT2D eigenvalue weighted by atomic mass is 9.97. The molecule has 2 bridgehead atoms. The van der Waals surface area contributed by atoms with Crippen molar-refractivity contribution in [1.82, 2.24) is 5.32 Å². The molecule has 2 atom stereocenters. The van der Waals surface area contributed by atoms with E-state index in [0.717, 1.165) is 13.1 Å². The molecular formula is C7H12NO. The highest BCUT2D eigenvalue weighted by molar-refractivity contribution is 4.90. The van der Waals surface area contributed by atoms with Gasteiger partial charge in [0.05, 0.1) is 0 Å². The van der Waals surface area contributed by atoms with Crippen molar-refractivity contribution in [3.63, 3.8) is 0 Å². The van der Waals surface area contributed by atoms with Gasteiger partial charge in [0.15, 0.2) is 0 Å². The molecule has 1 radical (unpaired) electrons. The van der Waals surface area contributed by atoms with Crippen molar-refractivity contribution in [3.8, 4) is 0 Å². The van der Waals surface area contributed by atoms with Gasteiger partial charge >= 0.3 is 0 Å². The summed E-state index contributed by atoms with van der Waals surface area (Å²) in [5.74, 6) is 0.924. The molecular weight excluding hydrogens is 114 g/mol. The van der Waals surface area contributed by atoms with Gasteiger partial charge in [-0.05, 0) is 12.8 Å². The van der Waals surface area contributed by atoms with Gasteiger partial charge in [-0.2, -0.15) is 0 Å². The number of hydrogen-bond acceptors (Lipinski definition) is 1. The van der Waals surface area contributed by atoms with Gasteiger partial charge in [0, 0.05) is 24.9 Å². The van der Waals surface area contributed by atoms with E-state index >= 15 is 0 Å². The predicted molar refractivity (Wildman–Crippen MR) is 33.6 cm³/mol. The molecule has 51 valence electrons. The van der Waals surface area contributed by atoms with Gasteiger partial charge < -0.3 is 5.32 Å². The monoisotopic (exact) mass is 126 g/mol. The van der Waals surface area contributed by atoms with Crippen LogP contribution >= 0.6 is 0 Å². The maximum Gasteiger partial charge on any atom is 0.101 e. The first-order valence-corrected chi connectivity index (χ1v) is 3.74. The van der Waals surface area contributed by atoms with Crippen LogP contribution in [-0.2, 0) is 5.11 Å². The van der Waals surface area contributed by atoms with Crippen LogP contribution < -0.4 is 5.32 Å². The molecule has 9 heavy (non-hydrogen) atoms. The van der Waals surface area contributed by atoms with Gasteiger partial charge in [0.2, 0.25) is 0 Å². The Morgan fingerprint density at radius 1 is 1.11 bits per heavy atom. The lowest BCUT2D eigenvalue weighted by Crippen LogP contribution is -2.40. The minimum Gasteiger partial charge on any atom is -0.316 e. The molecule has 0 aromatic carbocycles. The van der Waals surface area contributed by atoms with Crippen LogP contribution in [0.5, 0.6) is 0 Å². The standard InChI is InChI=1S/C7H12NO/c9-7-5-1-2-6(7)4-8-3-5/h5-8H,1-4H2. The van der Waals surface area contributed by atoms with E-state index in [2.05, 4.69) is 5.32 Å². The Morgan fingerprint density at radius 3 is 2.11 bits per heavy atom. The van der Waals surface area contributed by atoms with Crippen LogP contribution in [0.3, 0.4) is 0 Å². The van der Waals surface area contributed by atoms with Gasteiger partial charge in [-0.25, -0.2) is 5.11 Å². The summed E-state index contributed by atoms with van der Waals surface area (Å²) in [6.07, 6.45) is 2.11. The summed E-state index contributed by atoms with van der Waals surface area (Å²) in [5.41, 5.74) is 0. The largest absolute Gasteiger partial charge is 0.316 e. The second kappa shape index (κ2) is 1.96. The second-order valence-electron chi connectivity index (χ2n) is 3.22. The topological polar surface area (TPSA) is 31.9 Å². The van der Waals surface area contributed by atoms with Crippen molar-refractivity contribution >= 4 is 0 Å². The van der Waals surface area contributed by atoms with E-state index < -0.39 is 0 Å². The maximum absolute atomic E-state index is 11.2. The van der Waals surface area contributed by atoms with E-state index in [1.807, 2.05) is 0 Å². The van der Waals surface area contributed by atoms with Gasteiger partial charge in [0.1, 0.15) is 6.10 Å². The smallest absolute Gasteiger partial charge is 0.101 e. The molecule has 1 aliphatic heterocycles. The van der Waals surface area contributed by atoms with E-state index in [0.29, 0.717) is 11.8 Å². The molecule has 1 aliphatic carbocycles. The highest BCUT2D eigenvalue weighted by Gasteiger charge is 2.38. The molecule has 2 heteroatoms. The average Bonchev–Trinajstić information content (AvgIpc) is 2.19. The van der Waals surface area contributed by atoms with E-state index in [4.69, 9.17) is 0 Å². The first-order valence-electron chi connectivity index (χ1n) is 3.74. The summed E-state index contributed by atoms with van der Waals surface area (Å²) in [6.45, 7) is 1.95. The third kappa shape index (κ3) is 0.775. The zero-order chi connectivity index (χ0) is 6.27. The van der Waals surface area contributed by atoms with E-state index in [9.17, 15) is 5.11 Å². The number of rotatable bonds is 0. The molecule has 0 spiro atoms. The zero-order valence-electron chi connectivity index (χ0n) is 5.47. The summed E-state index contributed by atoms with van der Waals surface area (Å²) in [6, 6.07) is 0. The summed E-state index contributed by atoms with van der Waals surface area (Å²) < 4.78 is 0. The molecule has 2 aliphatic rings. The first kappa shape index (κ1) is 5.69. The normalized spacial score (nSPS) is 49.7. The molecule has 0 aromatic rings. The van der Waals surface area contributed by atoms with Crippen LogP contribution in [0.4, 0.5) is 0 Å². The van der Waals surface area contributed by atoms with Gasteiger partial charge in [0.25, 0.3) is 0 Å². The summed E-state index contributed by atoms with van der Waals surface area (Å²) in [7, 11) is 0. The molecule has 2 fully saturated rings. The molecule has 2 unspecified atom stereocenters. The zero-order valence-corrected chi connectivity index (χ0v) is 5.47. The summed E-state index contributed by atoms with van der Waals surface area (Å²) >= 11 is 0. The van der Waals surface area contributed by atoms with Crippen molar-refractivity contribution in [2.75, 3.05) is 13.1 Å². The fourth-order valence-corrected chi connectivity index (χ4v) is 2.03. The number of nitrogens with one attached hydrogen (secondary N) is 1. The van der Waals surface area contributed by atoms with Crippen molar-refractivity contribution < 1.29 is 5.11 Å². The van der Waals surface area contributed by atoms with Crippen molar-refractivity contribution in [3.05, 3.63) is 0 Å². The van der Waals surface area contributed by atoms with Crippen LogP contribution in [0.1, 0.15) is 12.8 Å². The molecule has 1 N–H and O–H groups in total. The number of hydrogen-bond donors (Lipinski definition) is 1. The van der Waals surface area contributed by atoms with Crippen molar-refractivity contribution in [2.45, 2.75) is 18.9 Å². The quantitative estimate of drug-likeness (QED) is 0.501. The molecule has 1 saturated heterocycles. The summed E-state index contributed by atoms with van der Waals surface area (Å²) in [5, 5.41) is 14.5. The Kier molecular flexibility index (Phi) is 1.24. The molecule has 1 saturated carbocycles. The minimum absolute atomic E-state index is 0.230. The molecule has 2 nitrogen and oxygen atoms in total. The van der Waals surface area contributed by atoms with E-state index in [1.54, 1.807) is 0 Å². The highest BCUT2D eigenvalue weighted by Crippen LogP contribution is 2.33. The van der Waals surface area contributed by atoms with Crippen LogP contribution in [0, 0.1) is 11.8 Å². The number of fused-ring (bicyclic) bond motifs is 2. The Labute approximate surface area is 55.3 Å². The van der Waals surface area contributed by atoms with E-state index in [1.165, 1.54) is 12.8 Å². The lowest BCUT2D eigenvalue weighted by molar-refractivity contribution is 0.00683. The van der Waals surface area contributed by atoms with Gasteiger partial charge in [-0.3, -0.25) is 0 Å². The fraction of sp³-hybridized carbons (Fsp3) is 1.00. The van der Waals surface area contributed by atoms with E-state index in [-0.39, 0.29) is 6.10 Å².